The number of carbonyl (C=O) groups is 2. The highest BCUT2D eigenvalue weighted by Gasteiger charge is 2.11. The Hall–Kier alpha value is -1.84. The van der Waals surface area contributed by atoms with Crippen LogP contribution in [-0.2, 0) is 20.9 Å². The molecule has 0 aliphatic rings. The number of amides is 1. The Bertz CT molecular complexity index is 457. The van der Waals surface area contributed by atoms with Gasteiger partial charge in [-0.25, -0.2) is 0 Å². The average molecular weight is 263 g/mol. The molecule has 0 unspecified atom stereocenters. The fourth-order valence-corrected chi connectivity index (χ4v) is 2.08. The number of nitrogens with one attached hydrogen (secondary N) is 1. The largest absolute Gasteiger partial charge is 0.466 e. The van der Waals surface area contributed by atoms with E-state index in [4.69, 9.17) is 4.74 Å². The van der Waals surface area contributed by atoms with Crippen molar-refractivity contribution in [2.75, 3.05) is 6.61 Å². The molecule has 0 fully saturated rings. The van der Waals surface area contributed by atoms with Gasteiger partial charge in [-0.15, -0.1) is 0 Å². The van der Waals surface area contributed by atoms with Gasteiger partial charge in [0.25, 0.3) is 0 Å². The summed E-state index contributed by atoms with van der Waals surface area (Å²) in [6.45, 7) is 8.54. The van der Waals surface area contributed by atoms with Crippen LogP contribution in [0.4, 0.5) is 0 Å². The van der Waals surface area contributed by atoms with Crippen molar-refractivity contribution >= 4 is 11.9 Å². The van der Waals surface area contributed by atoms with Crippen molar-refractivity contribution in [3.05, 3.63) is 34.4 Å². The lowest BCUT2D eigenvalue weighted by Gasteiger charge is -2.12. The molecule has 0 bridgehead atoms. The van der Waals surface area contributed by atoms with Crippen molar-refractivity contribution in [3.8, 4) is 0 Å². The van der Waals surface area contributed by atoms with Crippen molar-refractivity contribution in [1.29, 1.82) is 0 Å². The molecule has 1 rings (SSSR count). The minimum absolute atomic E-state index is 0.224. The second kappa shape index (κ2) is 6.92. The molecule has 1 aromatic rings. The van der Waals surface area contributed by atoms with Crippen LogP contribution in [0, 0.1) is 20.8 Å². The molecule has 1 N–H and O–H groups in total. The first-order chi connectivity index (χ1) is 8.93. The van der Waals surface area contributed by atoms with Gasteiger partial charge in [-0.2, -0.15) is 0 Å². The number of ether oxygens (including phenoxy) is 1. The Morgan fingerprint density at radius 1 is 1.16 bits per heavy atom. The number of benzene rings is 1. The minimum atomic E-state index is -0.489. The number of carbonyl (C=O) groups excluding carboxylic acids is 2. The van der Waals surface area contributed by atoms with E-state index in [1.807, 2.05) is 20.8 Å². The zero-order valence-electron chi connectivity index (χ0n) is 12.0. The Labute approximate surface area is 114 Å². The molecule has 0 saturated carbocycles. The summed E-state index contributed by atoms with van der Waals surface area (Å²) in [6.07, 6.45) is -0.224. The Kier molecular flexibility index (Phi) is 5.55. The maximum atomic E-state index is 11.6. The van der Waals surface area contributed by atoms with E-state index in [1.54, 1.807) is 6.92 Å². The molecule has 0 heterocycles. The first-order valence-electron chi connectivity index (χ1n) is 6.43. The summed E-state index contributed by atoms with van der Waals surface area (Å²) in [5, 5.41) is 2.75. The summed E-state index contributed by atoms with van der Waals surface area (Å²) in [4.78, 5) is 22.7. The van der Waals surface area contributed by atoms with E-state index in [0.29, 0.717) is 13.2 Å². The van der Waals surface area contributed by atoms with Crippen molar-refractivity contribution in [2.24, 2.45) is 0 Å². The molecule has 104 valence electrons. The third kappa shape index (κ3) is 4.73. The number of hydrogen-bond acceptors (Lipinski definition) is 3. The van der Waals surface area contributed by atoms with Gasteiger partial charge in [-0.05, 0) is 44.4 Å². The quantitative estimate of drug-likeness (QED) is 0.654. The summed E-state index contributed by atoms with van der Waals surface area (Å²) in [5.74, 6) is -0.796. The molecule has 4 heteroatoms. The SMILES string of the molecule is CCOC(=O)CC(=O)NCc1c(C)cc(C)cc1C. The fraction of sp³-hybridized carbons (Fsp3) is 0.467. The van der Waals surface area contributed by atoms with Crippen molar-refractivity contribution < 1.29 is 14.3 Å². The second-order valence-corrected chi connectivity index (χ2v) is 4.64. The van der Waals surface area contributed by atoms with Gasteiger partial charge in [0.2, 0.25) is 5.91 Å². The third-order valence-electron chi connectivity index (χ3n) is 2.91. The maximum Gasteiger partial charge on any atom is 0.315 e. The zero-order valence-corrected chi connectivity index (χ0v) is 12.0. The molecule has 0 aliphatic carbocycles. The summed E-state index contributed by atoms with van der Waals surface area (Å²) in [5.41, 5.74) is 4.60. The number of rotatable bonds is 5. The molecule has 0 saturated heterocycles. The topological polar surface area (TPSA) is 55.4 Å². The van der Waals surface area contributed by atoms with E-state index in [-0.39, 0.29) is 12.3 Å². The van der Waals surface area contributed by atoms with Crippen molar-refractivity contribution in [3.63, 3.8) is 0 Å². The standard InChI is InChI=1S/C15H21NO3/c1-5-19-15(18)8-14(17)16-9-13-11(3)6-10(2)7-12(13)4/h6-7H,5,8-9H2,1-4H3,(H,16,17). The van der Waals surface area contributed by atoms with E-state index < -0.39 is 5.97 Å². The molecular weight excluding hydrogens is 242 g/mol. The Balaban J connectivity index is 2.58. The number of esters is 1. The van der Waals surface area contributed by atoms with Gasteiger partial charge >= 0.3 is 5.97 Å². The van der Waals surface area contributed by atoms with Crippen LogP contribution in [-0.4, -0.2) is 18.5 Å². The molecule has 19 heavy (non-hydrogen) atoms. The van der Waals surface area contributed by atoms with Crippen LogP contribution in [0.25, 0.3) is 0 Å². The van der Waals surface area contributed by atoms with E-state index in [0.717, 1.165) is 16.7 Å². The molecule has 0 spiro atoms. The minimum Gasteiger partial charge on any atom is -0.466 e. The highest BCUT2D eigenvalue weighted by molar-refractivity contribution is 5.94. The molecule has 0 aliphatic heterocycles. The lowest BCUT2D eigenvalue weighted by atomic mass is 10.00. The van der Waals surface area contributed by atoms with Crippen LogP contribution >= 0.6 is 0 Å². The molecule has 1 aromatic carbocycles. The molecule has 1 amide bonds. The van der Waals surface area contributed by atoms with E-state index in [2.05, 4.69) is 17.4 Å². The van der Waals surface area contributed by atoms with E-state index in [1.165, 1.54) is 5.56 Å². The summed E-state index contributed by atoms with van der Waals surface area (Å²) < 4.78 is 4.73. The lowest BCUT2D eigenvalue weighted by molar-refractivity contribution is -0.146. The average Bonchev–Trinajstić information content (AvgIpc) is 2.27. The fourth-order valence-electron chi connectivity index (χ4n) is 2.08. The summed E-state index contributed by atoms with van der Waals surface area (Å²) >= 11 is 0. The highest BCUT2D eigenvalue weighted by atomic mass is 16.5. The second-order valence-electron chi connectivity index (χ2n) is 4.64. The maximum absolute atomic E-state index is 11.6. The van der Waals surface area contributed by atoms with Crippen LogP contribution in [0.2, 0.25) is 0 Å². The monoisotopic (exact) mass is 263 g/mol. The molecule has 0 atom stereocenters. The van der Waals surface area contributed by atoms with Crippen molar-refractivity contribution in [2.45, 2.75) is 40.7 Å². The predicted octanol–water partition coefficient (Wildman–Crippen LogP) is 2.18. The molecule has 0 radical (unpaired) electrons. The summed E-state index contributed by atoms with van der Waals surface area (Å²) in [6, 6.07) is 4.17. The first kappa shape index (κ1) is 15.2. The van der Waals surface area contributed by atoms with Gasteiger partial charge in [0.05, 0.1) is 6.61 Å². The van der Waals surface area contributed by atoms with Crippen LogP contribution in [0.3, 0.4) is 0 Å². The number of aryl methyl sites for hydroxylation is 3. The van der Waals surface area contributed by atoms with E-state index in [9.17, 15) is 9.59 Å². The van der Waals surface area contributed by atoms with Crippen molar-refractivity contribution in [1.82, 2.24) is 5.32 Å². The smallest absolute Gasteiger partial charge is 0.315 e. The molecule has 0 aromatic heterocycles. The van der Waals surface area contributed by atoms with Crippen LogP contribution in [0.1, 0.15) is 35.6 Å². The number of hydrogen-bond donors (Lipinski definition) is 1. The van der Waals surface area contributed by atoms with E-state index >= 15 is 0 Å². The van der Waals surface area contributed by atoms with Gasteiger partial charge < -0.3 is 10.1 Å². The molecular formula is C15H21NO3. The van der Waals surface area contributed by atoms with Gasteiger partial charge in [-0.3, -0.25) is 9.59 Å². The predicted molar refractivity (Wildman–Crippen MR) is 73.7 cm³/mol. The zero-order chi connectivity index (χ0) is 14.4. The molecule has 4 nitrogen and oxygen atoms in total. The van der Waals surface area contributed by atoms with Crippen LogP contribution in [0.5, 0.6) is 0 Å². The third-order valence-corrected chi connectivity index (χ3v) is 2.91. The highest BCUT2D eigenvalue weighted by Crippen LogP contribution is 2.15. The van der Waals surface area contributed by atoms with Gasteiger partial charge in [0.15, 0.2) is 0 Å². The van der Waals surface area contributed by atoms with Gasteiger partial charge in [-0.1, -0.05) is 17.7 Å². The van der Waals surface area contributed by atoms with Crippen LogP contribution in [0.15, 0.2) is 12.1 Å². The van der Waals surface area contributed by atoms with Gasteiger partial charge in [0.1, 0.15) is 6.42 Å². The Morgan fingerprint density at radius 2 is 1.74 bits per heavy atom. The lowest BCUT2D eigenvalue weighted by Crippen LogP contribution is -2.26. The first-order valence-corrected chi connectivity index (χ1v) is 6.43. The summed E-state index contributed by atoms with van der Waals surface area (Å²) in [7, 11) is 0. The normalized spacial score (nSPS) is 10.1. The Morgan fingerprint density at radius 3 is 2.26 bits per heavy atom. The van der Waals surface area contributed by atoms with Gasteiger partial charge in [0, 0.05) is 6.54 Å². The van der Waals surface area contributed by atoms with Crippen LogP contribution < -0.4 is 5.32 Å².